The Bertz CT molecular complexity index is 619. The molecule has 18 heavy (non-hydrogen) atoms. The zero-order chi connectivity index (χ0) is 13.3. The van der Waals surface area contributed by atoms with Crippen LogP contribution in [0.15, 0.2) is 29.4 Å². The third-order valence-corrected chi connectivity index (χ3v) is 2.89. The maximum atomic E-state index is 8.62. The van der Waals surface area contributed by atoms with E-state index in [1.807, 2.05) is 19.9 Å². The number of nitrogens with two attached hydrogens (primary N) is 1. The van der Waals surface area contributed by atoms with Gasteiger partial charge >= 0.3 is 0 Å². The summed E-state index contributed by atoms with van der Waals surface area (Å²) in [6.07, 6.45) is 0. The van der Waals surface area contributed by atoms with Gasteiger partial charge in [0.05, 0.1) is 16.4 Å². The van der Waals surface area contributed by atoms with Crippen LogP contribution >= 0.6 is 11.6 Å². The molecule has 1 aromatic carbocycles. The Morgan fingerprint density at radius 3 is 2.61 bits per heavy atom. The maximum absolute atomic E-state index is 8.62. The highest BCUT2D eigenvalue weighted by Crippen LogP contribution is 2.23. The molecule has 0 unspecified atom stereocenters. The van der Waals surface area contributed by atoms with E-state index in [1.165, 1.54) is 0 Å². The van der Waals surface area contributed by atoms with E-state index < -0.39 is 0 Å². The predicted molar refractivity (Wildman–Crippen MR) is 70.6 cm³/mol. The molecule has 0 saturated heterocycles. The largest absolute Gasteiger partial charge is 0.409 e. The number of aromatic nitrogens is 2. The number of hydrogen-bond donors (Lipinski definition) is 2. The molecule has 94 valence electrons. The van der Waals surface area contributed by atoms with Gasteiger partial charge in [-0.25, -0.2) is 4.68 Å². The van der Waals surface area contributed by atoms with Crippen LogP contribution in [0.1, 0.15) is 17.0 Å². The van der Waals surface area contributed by atoms with Crippen molar-refractivity contribution in [1.82, 2.24) is 9.78 Å². The van der Waals surface area contributed by atoms with Crippen molar-refractivity contribution in [2.75, 3.05) is 0 Å². The Hall–Kier alpha value is -2.01. The number of halogens is 1. The third kappa shape index (κ3) is 2.17. The molecule has 1 aromatic heterocycles. The molecule has 0 saturated carbocycles. The Morgan fingerprint density at radius 2 is 2.11 bits per heavy atom. The van der Waals surface area contributed by atoms with Crippen LogP contribution in [0.2, 0.25) is 5.02 Å². The van der Waals surface area contributed by atoms with Gasteiger partial charge in [0.2, 0.25) is 0 Å². The summed E-state index contributed by atoms with van der Waals surface area (Å²) in [5, 5.41) is 16.4. The van der Waals surface area contributed by atoms with E-state index in [0.717, 1.165) is 17.1 Å². The molecule has 0 aliphatic heterocycles. The van der Waals surface area contributed by atoms with Gasteiger partial charge in [-0.05, 0) is 38.1 Å². The summed E-state index contributed by atoms with van der Waals surface area (Å²) < 4.78 is 1.76. The predicted octanol–water partition coefficient (Wildman–Crippen LogP) is 2.24. The minimum Gasteiger partial charge on any atom is -0.409 e. The van der Waals surface area contributed by atoms with Crippen molar-refractivity contribution in [2.45, 2.75) is 13.8 Å². The van der Waals surface area contributed by atoms with Crippen LogP contribution < -0.4 is 5.73 Å². The van der Waals surface area contributed by atoms with Crippen LogP contribution in [0.5, 0.6) is 0 Å². The lowest BCUT2D eigenvalue weighted by Crippen LogP contribution is -2.13. The van der Waals surface area contributed by atoms with Crippen molar-refractivity contribution in [2.24, 2.45) is 10.9 Å². The quantitative estimate of drug-likeness (QED) is 0.378. The fourth-order valence-corrected chi connectivity index (χ4v) is 2.03. The van der Waals surface area contributed by atoms with E-state index in [1.54, 1.807) is 22.9 Å². The zero-order valence-electron chi connectivity index (χ0n) is 10.1. The molecule has 3 N–H and O–H groups in total. The van der Waals surface area contributed by atoms with Gasteiger partial charge in [-0.1, -0.05) is 16.8 Å². The summed E-state index contributed by atoms with van der Waals surface area (Å²) in [7, 11) is 0. The molecule has 0 amide bonds. The highest BCUT2D eigenvalue weighted by Gasteiger charge is 2.09. The van der Waals surface area contributed by atoms with Gasteiger partial charge in [0.25, 0.3) is 0 Å². The van der Waals surface area contributed by atoms with Crippen molar-refractivity contribution >= 4 is 17.4 Å². The Kier molecular flexibility index (Phi) is 3.25. The number of rotatable bonds is 2. The Morgan fingerprint density at radius 1 is 1.39 bits per heavy atom. The minimum atomic E-state index is 0.0248. The van der Waals surface area contributed by atoms with Crippen molar-refractivity contribution in [3.63, 3.8) is 0 Å². The molecule has 0 atom stereocenters. The molecule has 2 rings (SSSR count). The second-order valence-corrected chi connectivity index (χ2v) is 4.40. The van der Waals surface area contributed by atoms with Crippen LogP contribution in [0, 0.1) is 13.8 Å². The highest BCUT2D eigenvalue weighted by atomic mass is 35.5. The second-order valence-electron chi connectivity index (χ2n) is 3.99. The zero-order valence-corrected chi connectivity index (χ0v) is 10.8. The number of hydrogen-bond acceptors (Lipinski definition) is 3. The first-order chi connectivity index (χ1) is 8.52. The summed E-state index contributed by atoms with van der Waals surface area (Å²) in [4.78, 5) is 0. The van der Waals surface area contributed by atoms with E-state index in [0.29, 0.717) is 10.6 Å². The van der Waals surface area contributed by atoms with Gasteiger partial charge in [-0.3, -0.25) is 0 Å². The molecular formula is C12H13ClN4O. The summed E-state index contributed by atoms with van der Waals surface area (Å²) in [5.74, 6) is 0.0248. The molecule has 0 bridgehead atoms. The summed E-state index contributed by atoms with van der Waals surface area (Å²) >= 11 is 6.19. The van der Waals surface area contributed by atoms with Crippen molar-refractivity contribution in [3.8, 4) is 5.69 Å². The lowest BCUT2D eigenvalue weighted by molar-refractivity contribution is 0.318. The molecule has 0 aliphatic rings. The molecule has 6 heteroatoms. The first-order valence-electron chi connectivity index (χ1n) is 5.34. The first kappa shape index (κ1) is 12.4. The molecule has 0 fully saturated rings. The van der Waals surface area contributed by atoms with E-state index in [4.69, 9.17) is 22.5 Å². The topological polar surface area (TPSA) is 76.4 Å². The van der Waals surface area contributed by atoms with E-state index in [2.05, 4.69) is 10.3 Å². The molecule has 1 heterocycles. The second kappa shape index (κ2) is 4.70. The summed E-state index contributed by atoms with van der Waals surface area (Å²) in [6.45, 7) is 3.87. The van der Waals surface area contributed by atoms with E-state index in [9.17, 15) is 0 Å². The average molecular weight is 265 g/mol. The van der Waals surface area contributed by atoms with Crippen LogP contribution in [-0.2, 0) is 0 Å². The van der Waals surface area contributed by atoms with Crippen molar-refractivity contribution in [1.29, 1.82) is 0 Å². The fourth-order valence-electron chi connectivity index (χ4n) is 1.77. The number of benzene rings is 1. The van der Waals surface area contributed by atoms with Gasteiger partial charge in [-0.2, -0.15) is 5.10 Å². The smallest absolute Gasteiger partial charge is 0.170 e. The summed E-state index contributed by atoms with van der Waals surface area (Å²) in [6, 6.07) is 7.12. The maximum Gasteiger partial charge on any atom is 0.170 e. The van der Waals surface area contributed by atoms with Gasteiger partial charge in [-0.15, -0.1) is 0 Å². The highest BCUT2D eigenvalue weighted by molar-refractivity contribution is 6.32. The van der Waals surface area contributed by atoms with Gasteiger partial charge < -0.3 is 10.9 Å². The number of oxime groups is 1. The minimum absolute atomic E-state index is 0.0248. The third-order valence-electron chi connectivity index (χ3n) is 2.59. The fraction of sp³-hybridized carbons (Fsp3) is 0.167. The van der Waals surface area contributed by atoms with E-state index >= 15 is 0 Å². The van der Waals surface area contributed by atoms with Gasteiger partial charge in [0.1, 0.15) is 0 Å². The van der Waals surface area contributed by atoms with Crippen LogP contribution in [0.25, 0.3) is 5.69 Å². The van der Waals surface area contributed by atoms with Crippen LogP contribution in [-0.4, -0.2) is 20.8 Å². The standard InChI is InChI=1S/C12H13ClN4O/c1-7-5-8(2)17(15-7)11-4-3-9(6-10(11)13)12(14)16-18/h3-6,18H,1-2H3,(H2,14,16). The average Bonchev–Trinajstić information content (AvgIpc) is 2.67. The van der Waals surface area contributed by atoms with Gasteiger partial charge in [0, 0.05) is 11.3 Å². The Labute approximate surface area is 109 Å². The first-order valence-corrected chi connectivity index (χ1v) is 5.72. The van der Waals surface area contributed by atoms with Crippen LogP contribution in [0.3, 0.4) is 0 Å². The number of aryl methyl sites for hydroxylation is 2. The van der Waals surface area contributed by atoms with E-state index in [-0.39, 0.29) is 5.84 Å². The van der Waals surface area contributed by atoms with Crippen LogP contribution in [0.4, 0.5) is 0 Å². The molecule has 0 spiro atoms. The number of amidine groups is 1. The monoisotopic (exact) mass is 264 g/mol. The lowest BCUT2D eigenvalue weighted by atomic mass is 10.2. The molecule has 0 aliphatic carbocycles. The molecule has 2 aromatic rings. The Balaban J connectivity index is 2.51. The SMILES string of the molecule is Cc1cc(C)n(-c2ccc(C(N)=NO)cc2Cl)n1. The summed E-state index contributed by atoms with van der Waals surface area (Å²) in [5.41, 5.74) is 8.74. The lowest BCUT2D eigenvalue weighted by Gasteiger charge is -2.08. The van der Waals surface area contributed by atoms with Crippen molar-refractivity contribution < 1.29 is 5.21 Å². The molecular weight excluding hydrogens is 252 g/mol. The van der Waals surface area contributed by atoms with Crippen molar-refractivity contribution in [3.05, 3.63) is 46.2 Å². The van der Waals surface area contributed by atoms with Gasteiger partial charge in [0.15, 0.2) is 5.84 Å². The normalized spacial score (nSPS) is 11.8. The molecule has 0 radical (unpaired) electrons. The number of nitrogens with zero attached hydrogens (tertiary/aromatic N) is 3. The molecule has 5 nitrogen and oxygen atoms in total.